The molecular formula is C17H22N2O. The zero-order chi connectivity index (χ0) is 14.0. The van der Waals surface area contributed by atoms with Crippen LogP contribution in [0.1, 0.15) is 44.7 Å². The predicted molar refractivity (Wildman–Crippen MR) is 79.7 cm³/mol. The maximum absolute atomic E-state index is 11.1. The molecule has 1 heterocycles. The number of benzene rings is 1. The summed E-state index contributed by atoms with van der Waals surface area (Å²) >= 11 is 0. The van der Waals surface area contributed by atoms with E-state index >= 15 is 0 Å². The summed E-state index contributed by atoms with van der Waals surface area (Å²) in [6.07, 6.45) is 7.73. The molecule has 2 aromatic rings. The van der Waals surface area contributed by atoms with E-state index in [1.165, 1.54) is 19.3 Å². The molecule has 0 radical (unpaired) electrons. The average Bonchev–Trinajstić information content (AvgIpc) is 2.99. The third-order valence-corrected chi connectivity index (χ3v) is 4.56. The minimum Gasteiger partial charge on any atom is -0.384 e. The van der Waals surface area contributed by atoms with Crippen molar-refractivity contribution in [3.05, 3.63) is 48.3 Å². The molecule has 0 amide bonds. The minimum atomic E-state index is -0.813. The van der Waals surface area contributed by atoms with Gasteiger partial charge in [-0.05, 0) is 43.9 Å². The normalized spacial score (nSPS) is 19.7. The third kappa shape index (κ3) is 2.38. The number of hydrogen-bond donors (Lipinski definition) is 1. The van der Waals surface area contributed by atoms with Crippen LogP contribution in [-0.2, 0) is 5.60 Å². The molecule has 1 atom stereocenters. The molecule has 20 heavy (non-hydrogen) atoms. The monoisotopic (exact) mass is 270 g/mol. The highest BCUT2D eigenvalue weighted by atomic mass is 16.3. The van der Waals surface area contributed by atoms with Crippen LogP contribution in [0.15, 0.2) is 42.6 Å². The van der Waals surface area contributed by atoms with Gasteiger partial charge in [0.05, 0.1) is 11.4 Å². The Bertz CT molecular complexity index is 553. The van der Waals surface area contributed by atoms with Crippen molar-refractivity contribution in [2.45, 2.75) is 44.6 Å². The molecule has 0 bridgehead atoms. The lowest BCUT2D eigenvalue weighted by Gasteiger charge is -2.35. The highest BCUT2D eigenvalue weighted by Gasteiger charge is 2.37. The Morgan fingerprint density at radius 2 is 1.80 bits per heavy atom. The maximum atomic E-state index is 11.1. The molecule has 1 aliphatic carbocycles. The van der Waals surface area contributed by atoms with E-state index in [9.17, 15) is 5.11 Å². The third-order valence-electron chi connectivity index (χ3n) is 4.56. The van der Waals surface area contributed by atoms with Gasteiger partial charge in [-0.2, -0.15) is 5.10 Å². The molecular weight excluding hydrogens is 248 g/mol. The molecule has 106 valence electrons. The zero-order valence-corrected chi connectivity index (χ0v) is 12.0. The van der Waals surface area contributed by atoms with Crippen LogP contribution in [0.3, 0.4) is 0 Å². The van der Waals surface area contributed by atoms with Crippen LogP contribution in [0.4, 0.5) is 0 Å². The summed E-state index contributed by atoms with van der Waals surface area (Å²) in [5, 5.41) is 15.5. The molecule has 1 unspecified atom stereocenters. The van der Waals surface area contributed by atoms with Gasteiger partial charge < -0.3 is 5.11 Å². The summed E-state index contributed by atoms with van der Waals surface area (Å²) < 4.78 is 1.87. The van der Waals surface area contributed by atoms with Crippen LogP contribution in [0.5, 0.6) is 0 Å². The second-order valence-electron chi connectivity index (χ2n) is 5.95. The number of hydrogen-bond acceptors (Lipinski definition) is 2. The van der Waals surface area contributed by atoms with Gasteiger partial charge in [-0.25, -0.2) is 4.68 Å². The van der Waals surface area contributed by atoms with Crippen molar-refractivity contribution in [3.8, 4) is 5.69 Å². The standard InChI is InChI=1S/C17H22N2O/c1-17(20,14-8-4-2-5-9-14)16-12-13-18-19(16)15-10-6-3-7-11-15/h3,6-7,10-14,20H,2,4-5,8-9H2,1H3. The van der Waals surface area contributed by atoms with Crippen LogP contribution in [0.2, 0.25) is 0 Å². The van der Waals surface area contributed by atoms with Crippen molar-refractivity contribution >= 4 is 0 Å². The number of nitrogens with zero attached hydrogens (tertiary/aromatic N) is 2. The average molecular weight is 270 g/mol. The van der Waals surface area contributed by atoms with Gasteiger partial charge in [-0.15, -0.1) is 0 Å². The first-order chi connectivity index (χ1) is 9.69. The van der Waals surface area contributed by atoms with Crippen molar-refractivity contribution < 1.29 is 5.11 Å². The van der Waals surface area contributed by atoms with E-state index in [1.54, 1.807) is 6.20 Å². The van der Waals surface area contributed by atoms with Gasteiger partial charge in [-0.3, -0.25) is 0 Å². The number of rotatable bonds is 3. The van der Waals surface area contributed by atoms with Gasteiger partial charge in [0.15, 0.2) is 0 Å². The smallest absolute Gasteiger partial charge is 0.107 e. The lowest BCUT2D eigenvalue weighted by atomic mass is 9.76. The Morgan fingerprint density at radius 3 is 2.50 bits per heavy atom. The molecule has 0 saturated heterocycles. The summed E-state index contributed by atoms with van der Waals surface area (Å²) in [5.74, 6) is 0.329. The summed E-state index contributed by atoms with van der Waals surface area (Å²) in [6.45, 7) is 1.94. The van der Waals surface area contributed by atoms with Crippen LogP contribution < -0.4 is 0 Å². The van der Waals surface area contributed by atoms with E-state index in [-0.39, 0.29) is 0 Å². The molecule has 0 aliphatic heterocycles. The molecule has 1 aliphatic rings. The Balaban J connectivity index is 1.96. The molecule has 1 N–H and O–H groups in total. The van der Waals surface area contributed by atoms with Crippen LogP contribution in [0, 0.1) is 5.92 Å². The molecule has 1 aromatic carbocycles. The molecule has 3 rings (SSSR count). The summed E-state index contributed by atoms with van der Waals surface area (Å²) in [5.41, 5.74) is 1.09. The van der Waals surface area contributed by atoms with E-state index < -0.39 is 5.60 Å². The van der Waals surface area contributed by atoms with Crippen LogP contribution in [0.25, 0.3) is 5.69 Å². The molecule has 3 nitrogen and oxygen atoms in total. The van der Waals surface area contributed by atoms with Gasteiger partial charge in [0.2, 0.25) is 0 Å². The van der Waals surface area contributed by atoms with Gasteiger partial charge in [0, 0.05) is 6.20 Å². The van der Waals surface area contributed by atoms with E-state index in [4.69, 9.17) is 0 Å². The maximum Gasteiger partial charge on any atom is 0.107 e. The fourth-order valence-corrected chi connectivity index (χ4v) is 3.34. The molecule has 3 heteroatoms. The van der Waals surface area contributed by atoms with Crippen molar-refractivity contribution in [2.75, 3.05) is 0 Å². The minimum absolute atomic E-state index is 0.329. The second kappa shape index (κ2) is 5.41. The fourth-order valence-electron chi connectivity index (χ4n) is 3.34. The van der Waals surface area contributed by atoms with Crippen molar-refractivity contribution in [3.63, 3.8) is 0 Å². The largest absolute Gasteiger partial charge is 0.384 e. The number of aromatic nitrogens is 2. The molecule has 1 aromatic heterocycles. The van der Waals surface area contributed by atoms with Crippen molar-refractivity contribution in [2.24, 2.45) is 5.92 Å². The number of aliphatic hydroxyl groups is 1. The van der Waals surface area contributed by atoms with Crippen molar-refractivity contribution in [1.29, 1.82) is 0 Å². The summed E-state index contributed by atoms with van der Waals surface area (Å²) in [6, 6.07) is 12.0. The van der Waals surface area contributed by atoms with Gasteiger partial charge in [0.1, 0.15) is 5.60 Å². The Kier molecular flexibility index (Phi) is 3.62. The Hall–Kier alpha value is -1.61. The summed E-state index contributed by atoms with van der Waals surface area (Å²) in [4.78, 5) is 0. The van der Waals surface area contributed by atoms with Crippen molar-refractivity contribution in [1.82, 2.24) is 9.78 Å². The first-order valence-corrected chi connectivity index (χ1v) is 7.52. The SMILES string of the molecule is CC(O)(c1ccnn1-c1ccccc1)C1CCCCC1. The van der Waals surface area contributed by atoms with Gasteiger partial charge in [0.25, 0.3) is 0 Å². The highest BCUT2D eigenvalue weighted by molar-refractivity contribution is 5.34. The first kappa shape index (κ1) is 13.4. The first-order valence-electron chi connectivity index (χ1n) is 7.52. The Labute approximate surface area is 120 Å². The fraction of sp³-hybridized carbons (Fsp3) is 0.471. The van der Waals surface area contributed by atoms with E-state index in [2.05, 4.69) is 5.10 Å². The predicted octanol–water partition coefficient (Wildman–Crippen LogP) is 3.66. The van der Waals surface area contributed by atoms with Gasteiger partial charge in [-0.1, -0.05) is 37.5 Å². The summed E-state index contributed by atoms with van der Waals surface area (Å²) in [7, 11) is 0. The van der Waals surface area contributed by atoms with Gasteiger partial charge >= 0.3 is 0 Å². The quantitative estimate of drug-likeness (QED) is 0.924. The topological polar surface area (TPSA) is 38.1 Å². The molecule has 0 spiro atoms. The molecule has 1 fully saturated rings. The number of para-hydroxylation sites is 1. The van der Waals surface area contributed by atoms with E-state index in [0.29, 0.717) is 5.92 Å². The van der Waals surface area contributed by atoms with Crippen LogP contribution in [-0.4, -0.2) is 14.9 Å². The lowest BCUT2D eigenvalue weighted by molar-refractivity contribution is -0.0271. The second-order valence-corrected chi connectivity index (χ2v) is 5.95. The zero-order valence-electron chi connectivity index (χ0n) is 12.0. The molecule has 1 saturated carbocycles. The van der Waals surface area contributed by atoms with Crippen LogP contribution >= 0.6 is 0 Å². The van der Waals surface area contributed by atoms with E-state index in [1.807, 2.05) is 48.0 Å². The highest BCUT2D eigenvalue weighted by Crippen LogP contribution is 2.39. The Morgan fingerprint density at radius 1 is 1.10 bits per heavy atom. The lowest BCUT2D eigenvalue weighted by Crippen LogP contribution is -2.35. The van der Waals surface area contributed by atoms with E-state index in [0.717, 1.165) is 24.2 Å².